The summed E-state index contributed by atoms with van der Waals surface area (Å²) in [5.74, 6) is 1.34. The molecule has 2 aromatic heterocycles. The van der Waals surface area contributed by atoms with E-state index in [4.69, 9.17) is 4.74 Å². The number of aromatic nitrogens is 3. The van der Waals surface area contributed by atoms with Crippen molar-refractivity contribution < 1.29 is 9.53 Å². The minimum absolute atomic E-state index is 0.0350. The Bertz CT molecular complexity index is 1140. The molecule has 0 aliphatic carbocycles. The van der Waals surface area contributed by atoms with E-state index in [2.05, 4.69) is 34.6 Å². The number of para-hydroxylation sites is 1. The van der Waals surface area contributed by atoms with Crippen molar-refractivity contribution in [2.24, 2.45) is 0 Å². The second-order valence-electron chi connectivity index (χ2n) is 6.40. The van der Waals surface area contributed by atoms with Crippen LogP contribution in [0.3, 0.4) is 0 Å². The zero-order valence-corrected chi connectivity index (χ0v) is 16.5. The number of aryl methyl sites for hydroxylation is 1. The van der Waals surface area contributed by atoms with E-state index in [1.54, 1.807) is 7.11 Å². The summed E-state index contributed by atoms with van der Waals surface area (Å²) in [6, 6.07) is 17.5. The summed E-state index contributed by atoms with van der Waals surface area (Å²) in [6.45, 7) is 2.08. The summed E-state index contributed by atoms with van der Waals surface area (Å²) in [7, 11) is 1.61. The molecule has 0 spiro atoms. The Morgan fingerprint density at radius 3 is 2.71 bits per heavy atom. The van der Waals surface area contributed by atoms with Crippen LogP contribution in [-0.4, -0.2) is 33.4 Å². The van der Waals surface area contributed by atoms with E-state index >= 15 is 0 Å². The van der Waals surface area contributed by atoms with Crippen molar-refractivity contribution in [1.82, 2.24) is 14.6 Å². The van der Waals surface area contributed by atoms with Crippen LogP contribution >= 0.6 is 11.8 Å². The van der Waals surface area contributed by atoms with Gasteiger partial charge in [-0.15, -0.1) is 10.2 Å². The molecule has 0 saturated heterocycles. The van der Waals surface area contributed by atoms with Gasteiger partial charge in [0.1, 0.15) is 5.75 Å². The number of hydrogen-bond acceptors (Lipinski definition) is 5. The van der Waals surface area contributed by atoms with Crippen molar-refractivity contribution in [3.8, 4) is 5.75 Å². The highest BCUT2D eigenvalue weighted by Gasteiger charge is 2.12. The van der Waals surface area contributed by atoms with Crippen LogP contribution in [0.2, 0.25) is 0 Å². The molecule has 142 valence electrons. The zero-order valence-electron chi connectivity index (χ0n) is 15.7. The number of carbonyl (C=O) groups excluding carboxylic acids is 1. The third-order valence-corrected chi connectivity index (χ3v) is 5.44. The number of amides is 1. The third kappa shape index (κ3) is 3.66. The minimum atomic E-state index is -0.0350. The van der Waals surface area contributed by atoms with E-state index in [-0.39, 0.29) is 5.91 Å². The number of nitrogens with one attached hydrogen (secondary N) is 1. The molecule has 4 rings (SSSR count). The number of benzene rings is 2. The summed E-state index contributed by atoms with van der Waals surface area (Å²) in [6.07, 6.45) is 0.384. The quantitative estimate of drug-likeness (QED) is 0.495. The Morgan fingerprint density at radius 1 is 1.14 bits per heavy atom. The molecule has 0 aliphatic rings. The predicted octanol–water partition coefficient (Wildman–Crippen LogP) is 4.32. The molecular weight excluding hydrogens is 372 g/mol. The van der Waals surface area contributed by atoms with Crippen molar-refractivity contribution in [2.45, 2.75) is 18.5 Å². The van der Waals surface area contributed by atoms with Crippen LogP contribution in [0.5, 0.6) is 5.75 Å². The number of ether oxygens (including phenoxy) is 1. The molecule has 6 nitrogen and oxygen atoms in total. The van der Waals surface area contributed by atoms with Gasteiger partial charge in [0.25, 0.3) is 0 Å². The van der Waals surface area contributed by atoms with Gasteiger partial charge in [0, 0.05) is 23.2 Å². The first kappa shape index (κ1) is 18.3. The van der Waals surface area contributed by atoms with Crippen molar-refractivity contribution in [2.75, 3.05) is 18.2 Å². The number of pyridine rings is 1. The van der Waals surface area contributed by atoms with Crippen molar-refractivity contribution in [3.63, 3.8) is 0 Å². The molecule has 0 bridgehead atoms. The molecule has 0 unspecified atom stereocenters. The van der Waals surface area contributed by atoms with E-state index in [9.17, 15) is 4.79 Å². The van der Waals surface area contributed by atoms with Gasteiger partial charge in [0.2, 0.25) is 5.91 Å². The summed E-state index contributed by atoms with van der Waals surface area (Å²) in [4.78, 5) is 12.2. The van der Waals surface area contributed by atoms with Gasteiger partial charge in [0.05, 0.1) is 12.6 Å². The summed E-state index contributed by atoms with van der Waals surface area (Å²) < 4.78 is 7.17. The van der Waals surface area contributed by atoms with Gasteiger partial charge in [-0.25, -0.2) is 0 Å². The summed E-state index contributed by atoms with van der Waals surface area (Å²) in [5, 5.41) is 13.5. The number of methoxy groups -OCH3 is 1. The highest BCUT2D eigenvalue weighted by Crippen LogP contribution is 2.26. The Hall–Kier alpha value is -3.06. The number of rotatable bonds is 6. The van der Waals surface area contributed by atoms with Crippen LogP contribution in [0, 0.1) is 6.92 Å². The third-order valence-electron chi connectivity index (χ3n) is 4.51. The van der Waals surface area contributed by atoms with Crippen molar-refractivity contribution in [3.05, 3.63) is 60.2 Å². The van der Waals surface area contributed by atoms with Crippen LogP contribution in [0.25, 0.3) is 16.6 Å². The zero-order chi connectivity index (χ0) is 19.5. The molecule has 0 atom stereocenters. The van der Waals surface area contributed by atoms with Gasteiger partial charge >= 0.3 is 0 Å². The first-order valence-electron chi connectivity index (χ1n) is 8.96. The molecule has 1 N–H and O–H groups in total. The van der Waals surface area contributed by atoms with Gasteiger partial charge in [-0.05, 0) is 48.9 Å². The lowest BCUT2D eigenvalue weighted by Crippen LogP contribution is -2.12. The standard InChI is InChI=1S/C21H20N4O2S/c1-14-13-19-23-24-21(25(19)18-6-4-3-5-17(14)18)28-12-11-20(26)22-15-7-9-16(27-2)10-8-15/h3-10,13H,11-12H2,1-2H3,(H,22,26). The number of nitrogens with zero attached hydrogens (tertiary/aromatic N) is 3. The molecule has 1 amide bonds. The lowest BCUT2D eigenvalue weighted by atomic mass is 10.1. The first-order valence-corrected chi connectivity index (χ1v) is 9.94. The monoisotopic (exact) mass is 392 g/mol. The summed E-state index contributed by atoms with van der Waals surface area (Å²) >= 11 is 1.53. The number of hydrogen-bond donors (Lipinski definition) is 1. The molecule has 2 heterocycles. The van der Waals surface area contributed by atoms with Crippen molar-refractivity contribution in [1.29, 1.82) is 0 Å². The Kier molecular flexibility index (Phi) is 5.16. The maximum atomic E-state index is 12.2. The highest BCUT2D eigenvalue weighted by molar-refractivity contribution is 7.99. The SMILES string of the molecule is COc1ccc(NC(=O)CCSc2nnc3cc(C)c4ccccc4n23)cc1. The van der Waals surface area contributed by atoms with E-state index in [0.717, 1.165) is 27.8 Å². The van der Waals surface area contributed by atoms with Gasteiger partial charge < -0.3 is 10.1 Å². The number of anilines is 1. The average molecular weight is 392 g/mol. The van der Waals surface area contributed by atoms with Gasteiger partial charge in [-0.1, -0.05) is 30.0 Å². The fourth-order valence-corrected chi connectivity index (χ4v) is 3.99. The molecule has 2 aromatic carbocycles. The fourth-order valence-electron chi connectivity index (χ4n) is 3.10. The largest absolute Gasteiger partial charge is 0.497 e. The fraction of sp³-hybridized carbons (Fsp3) is 0.190. The molecule has 0 aliphatic heterocycles. The second-order valence-corrected chi connectivity index (χ2v) is 7.46. The van der Waals surface area contributed by atoms with E-state index in [1.165, 1.54) is 22.7 Å². The van der Waals surface area contributed by atoms with Crippen LogP contribution in [0.4, 0.5) is 5.69 Å². The van der Waals surface area contributed by atoms with E-state index < -0.39 is 0 Å². The molecule has 0 saturated carbocycles. The number of thioether (sulfide) groups is 1. The molecular formula is C21H20N4O2S. The number of carbonyl (C=O) groups is 1. The molecule has 0 fully saturated rings. The van der Waals surface area contributed by atoms with E-state index in [0.29, 0.717) is 12.2 Å². The normalized spacial score (nSPS) is 11.1. The smallest absolute Gasteiger partial charge is 0.225 e. The lowest BCUT2D eigenvalue weighted by Gasteiger charge is -2.08. The predicted molar refractivity (Wildman–Crippen MR) is 112 cm³/mol. The maximum absolute atomic E-state index is 12.2. The molecule has 7 heteroatoms. The van der Waals surface area contributed by atoms with Gasteiger partial charge in [0.15, 0.2) is 10.8 Å². The topological polar surface area (TPSA) is 68.5 Å². The van der Waals surface area contributed by atoms with E-state index in [1.807, 2.05) is 46.9 Å². The van der Waals surface area contributed by atoms with Crippen LogP contribution in [-0.2, 0) is 4.79 Å². The van der Waals surface area contributed by atoms with Crippen LogP contribution < -0.4 is 10.1 Å². The van der Waals surface area contributed by atoms with Crippen molar-refractivity contribution >= 4 is 39.9 Å². The highest BCUT2D eigenvalue weighted by atomic mass is 32.2. The molecule has 4 aromatic rings. The molecule has 0 radical (unpaired) electrons. The second kappa shape index (κ2) is 7.90. The average Bonchev–Trinajstić information content (AvgIpc) is 3.11. The maximum Gasteiger partial charge on any atom is 0.225 e. The Morgan fingerprint density at radius 2 is 1.93 bits per heavy atom. The molecule has 28 heavy (non-hydrogen) atoms. The van der Waals surface area contributed by atoms with Gasteiger partial charge in [-0.2, -0.15) is 0 Å². The van der Waals surface area contributed by atoms with Gasteiger partial charge in [-0.3, -0.25) is 9.20 Å². The Labute approximate surface area is 166 Å². The lowest BCUT2D eigenvalue weighted by molar-refractivity contribution is -0.115. The minimum Gasteiger partial charge on any atom is -0.497 e. The first-order chi connectivity index (χ1) is 13.7. The summed E-state index contributed by atoms with van der Waals surface area (Å²) in [5.41, 5.74) is 3.82. The Balaban J connectivity index is 1.44. The van der Waals surface area contributed by atoms with Crippen LogP contribution in [0.1, 0.15) is 12.0 Å². The number of fused-ring (bicyclic) bond motifs is 3. The van der Waals surface area contributed by atoms with Crippen LogP contribution in [0.15, 0.2) is 59.8 Å².